The van der Waals surface area contributed by atoms with Gasteiger partial charge in [-0.15, -0.1) is 0 Å². The maximum atomic E-state index is 11.9. The molecule has 0 radical (unpaired) electrons. The van der Waals surface area contributed by atoms with Gasteiger partial charge < -0.3 is 29.2 Å². The molecule has 10 heteroatoms. The number of hydrogen-bond donors (Lipinski definition) is 3. The standard InChI is InChI=1S/C18H17Cl2N3O5/c1-27-14(8-2-3-10(19)11(20)6-8)15-12(24)13(25)18(28-15)23-5-4-9-16(23)21-7-22-17(9)26/h2-7,12-15,18,24-25H,1H3,(H,21,22,26)/t12-,13+,14+,15+,18+/m0/s1. The van der Waals surface area contributed by atoms with Crippen molar-refractivity contribution in [2.24, 2.45) is 0 Å². The van der Waals surface area contributed by atoms with E-state index in [0.717, 1.165) is 0 Å². The van der Waals surface area contributed by atoms with Crippen molar-refractivity contribution in [1.82, 2.24) is 14.5 Å². The number of aliphatic hydroxyl groups is 2. The smallest absolute Gasteiger partial charge is 0.260 e. The summed E-state index contributed by atoms with van der Waals surface area (Å²) in [5.41, 5.74) is 0.670. The fraction of sp³-hybridized carbons (Fsp3) is 0.333. The molecular formula is C18H17Cl2N3O5. The molecule has 1 aliphatic rings. The van der Waals surface area contributed by atoms with Gasteiger partial charge in [-0.05, 0) is 23.8 Å². The zero-order valence-electron chi connectivity index (χ0n) is 14.6. The van der Waals surface area contributed by atoms with Crippen LogP contribution in [0, 0.1) is 0 Å². The van der Waals surface area contributed by atoms with Crippen LogP contribution in [0.5, 0.6) is 0 Å². The first-order valence-corrected chi connectivity index (χ1v) is 9.21. The molecule has 1 fully saturated rings. The molecule has 8 nitrogen and oxygen atoms in total. The highest BCUT2D eigenvalue weighted by atomic mass is 35.5. The second kappa shape index (κ2) is 7.47. The van der Waals surface area contributed by atoms with Gasteiger partial charge >= 0.3 is 0 Å². The van der Waals surface area contributed by atoms with E-state index in [2.05, 4.69) is 9.97 Å². The van der Waals surface area contributed by atoms with E-state index in [1.54, 1.807) is 30.5 Å². The number of aliphatic hydroxyl groups excluding tert-OH is 2. The number of halogens is 2. The van der Waals surface area contributed by atoms with E-state index in [1.165, 1.54) is 18.0 Å². The summed E-state index contributed by atoms with van der Waals surface area (Å²) >= 11 is 12.1. The van der Waals surface area contributed by atoms with Crippen LogP contribution in [0.4, 0.5) is 0 Å². The van der Waals surface area contributed by atoms with Crippen molar-refractivity contribution in [2.45, 2.75) is 30.6 Å². The molecule has 148 valence electrons. The summed E-state index contributed by atoms with van der Waals surface area (Å²) in [4.78, 5) is 18.5. The molecule has 0 aliphatic carbocycles. The Morgan fingerprint density at radius 3 is 2.75 bits per heavy atom. The quantitative estimate of drug-likeness (QED) is 0.589. The average molecular weight is 426 g/mol. The molecule has 3 N–H and O–H groups in total. The molecule has 0 saturated carbocycles. The molecule has 0 bridgehead atoms. The van der Waals surface area contributed by atoms with E-state index in [4.69, 9.17) is 32.7 Å². The first-order chi connectivity index (χ1) is 13.4. The number of rotatable bonds is 4. The molecule has 1 saturated heterocycles. The van der Waals surface area contributed by atoms with E-state index >= 15 is 0 Å². The molecule has 1 aromatic carbocycles. The largest absolute Gasteiger partial charge is 0.387 e. The predicted molar refractivity (Wildman–Crippen MR) is 102 cm³/mol. The lowest BCUT2D eigenvalue weighted by Crippen LogP contribution is -2.35. The Labute approximate surface area is 169 Å². The summed E-state index contributed by atoms with van der Waals surface area (Å²) in [6.45, 7) is 0. The summed E-state index contributed by atoms with van der Waals surface area (Å²) in [5, 5.41) is 22.3. The van der Waals surface area contributed by atoms with Crippen molar-refractivity contribution in [3.63, 3.8) is 0 Å². The first-order valence-electron chi connectivity index (χ1n) is 8.46. The third-order valence-corrected chi connectivity index (χ3v) is 5.63. The molecule has 0 amide bonds. The third kappa shape index (κ3) is 3.12. The number of nitrogens with zero attached hydrogens (tertiary/aromatic N) is 2. The predicted octanol–water partition coefficient (Wildman–Crippen LogP) is 2.04. The Balaban J connectivity index is 1.69. The second-order valence-electron chi connectivity index (χ2n) is 6.49. The Hall–Kier alpha value is -1.94. The molecular weight excluding hydrogens is 409 g/mol. The van der Waals surface area contributed by atoms with Gasteiger partial charge in [0.15, 0.2) is 6.23 Å². The summed E-state index contributed by atoms with van der Waals surface area (Å²) in [5.74, 6) is 0. The number of fused-ring (bicyclic) bond motifs is 1. The summed E-state index contributed by atoms with van der Waals surface area (Å²) in [7, 11) is 1.47. The van der Waals surface area contributed by atoms with E-state index < -0.39 is 30.6 Å². The number of aromatic nitrogens is 3. The Morgan fingerprint density at radius 1 is 1.25 bits per heavy atom. The molecule has 5 atom stereocenters. The maximum absolute atomic E-state index is 11.9. The van der Waals surface area contributed by atoms with E-state index in [0.29, 0.717) is 26.6 Å². The molecule has 2 aromatic heterocycles. The highest BCUT2D eigenvalue weighted by Gasteiger charge is 2.48. The topological polar surface area (TPSA) is 110 Å². The fourth-order valence-electron chi connectivity index (χ4n) is 3.50. The minimum absolute atomic E-state index is 0.307. The zero-order chi connectivity index (χ0) is 20.0. The first kappa shape index (κ1) is 19.4. The Bertz CT molecular complexity index is 1070. The maximum Gasteiger partial charge on any atom is 0.260 e. The fourth-order valence-corrected chi connectivity index (χ4v) is 3.81. The SMILES string of the molecule is CO[C@H](c1ccc(Cl)c(Cl)c1)[C@@H]1O[C@@H](n2ccc3c(=O)[nH]cnc32)[C@H](O)[C@@H]1O. The average Bonchev–Trinajstić information content (AvgIpc) is 3.23. The number of methoxy groups -OCH3 is 1. The Morgan fingerprint density at radius 2 is 2.04 bits per heavy atom. The van der Waals surface area contributed by atoms with Crippen molar-refractivity contribution in [3.8, 4) is 0 Å². The van der Waals surface area contributed by atoms with Crippen molar-refractivity contribution in [2.75, 3.05) is 7.11 Å². The molecule has 1 aliphatic heterocycles. The number of benzene rings is 1. The Kier molecular flexibility index (Phi) is 5.17. The minimum Gasteiger partial charge on any atom is -0.387 e. The number of H-pyrrole nitrogens is 1. The lowest BCUT2D eigenvalue weighted by atomic mass is 9.99. The van der Waals surface area contributed by atoms with Crippen LogP contribution in [0.25, 0.3) is 11.0 Å². The summed E-state index contributed by atoms with van der Waals surface area (Å²) in [6.07, 6.45) is -2.21. The number of hydrogen-bond acceptors (Lipinski definition) is 6. The molecule has 3 aromatic rings. The van der Waals surface area contributed by atoms with Crippen LogP contribution in [0.3, 0.4) is 0 Å². The van der Waals surface area contributed by atoms with Gasteiger partial charge in [0.05, 0.1) is 21.8 Å². The summed E-state index contributed by atoms with van der Waals surface area (Å²) in [6, 6.07) is 6.53. The number of nitrogens with one attached hydrogen (secondary N) is 1. The highest BCUT2D eigenvalue weighted by molar-refractivity contribution is 6.42. The van der Waals surface area contributed by atoms with Gasteiger partial charge in [0.1, 0.15) is 30.1 Å². The van der Waals surface area contributed by atoms with E-state index in [9.17, 15) is 15.0 Å². The minimum atomic E-state index is -1.26. The molecule has 28 heavy (non-hydrogen) atoms. The van der Waals surface area contributed by atoms with Gasteiger partial charge in [-0.3, -0.25) is 4.79 Å². The van der Waals surface area contributed by atoms with Crippen molar-refractivity contribution in [3.05, 3.63) is 62.8 Å². The molecule has 3 heterocycles. The lowest BCUT2D eigenvalue weighted by Gasteiger charge is -2.25. The van der Waals surface area contributed by atoms with Crippen LogP contribution in [0.15, 0.2) is 41.6 Å². The van der Waals surface area contributed by atoms with Gasteiger partial charge in [0, 0.05) is 13.3 Å². The lowest BCUT2D eigenvalue weighted by molar-refractivity contribution is -0.0974. The van der Waals surface area contributed by atoms with Gasteiger partial charge in [-0.2, -0.15) is 0 Å². The normalized spacial score (nSPS) is 26.0. The van der Waals surface area contributed by atoms with Crippen molar-refractivity contribution in [1.29, 1.82) is 0 Å². The van der Waals surface area contributed by atoms with Crippen LogP contribution < -0.4 is 5.56 Å². The number of ether oxygens (including phenoxy) is 2. The van der Waals surface area contributed by atoms with Crippen LogP contribution in [-0.2, 0) is 9.47 Å². The van der Waals surface area contributed by atoms with Gasteiger partial charge in [-0.25, -0.2) is 4.98 Å². The molecule has 0 spiro atoms. The highest BCUT2D eigenvalue weighted by Crippen LogP contribution is 2.39. The number of aromatic amines is 1. The third-order valence-electron chi connectivity index (χ3n) is 4.89. The summed E-state index contributed by atoms with van der Waals surface area (Å²) < 4.78 is 13.0. The molecule has 0 unspecified atom stereocenters. The van der Waals surface area contributed by atoms with Crippen molar-refractivity contribution >= 4 is 34.2 Å². The van der Waals surface area contributed by atoms with Crippen LogP contribution in [0.1, 0.15) is 17.9 Å². The van der Waals surface area contributed by atoms with Crippen LogP contribution in [0.2, 0.25) is 10.0 Å². The molecule has 4 rings (SSSR count). The van der Waals surface area contributed by atoms with Gasteiger partial charge in [0.25, 0.3) is 5.56 Å². The van der Waals surface area contributed by atoms with Crippen LogP contribution >= 0.6 is 23.2 Å². The second-order valence-corrected chi connectivity index (χ2v) is 7.31. The van der Waals surface area contributed by atoms with Gasteiger partial charge in [0.2, 0.25) is 0 Å². The zero-order valence-corrected chi connectivity index (χ0v) is 16.1. The van der Waals surface area contributed by atoms with Crippen LogP contribution in [-0.4, -0.2) is 50.2 Å². The van der Waals surface area contributed by atoms with E-state index in [1.807, 2.05) is 0 Å². The monoisotopic (exact) mass is 425 g/mol. The van der Waals surface area contributed by atoms with E-state index in [-0.39, 0.29) is 5.56 Å². The van der Waals surface area contributed by atoms with Crippen molar-refractivity contribution < 1.29 is 19.7 Å². The van der Waals surface area contributed by atoms with Gasteiger partial charge in [-0.1, -0.05) is 29.3 Å².